The molecular formula is C13H16ClN7. The maximum absolute atomic E-state index is 6.06. The van der Waals surface area contributed by atoms with Crippen molar-refractivity contribution in [2.45, 2.75) is 18.9 Å². The van der Waals surface area contributed by atoms with Gasteiger partial charge >= 0.3 is 0 Å². The van der Waals surface area contributed by atoms with E-state index in [0.717, 1.165) is 19.6 Å². The van der Waals surface area contributed by atoms with E-state index in [-0.39, 0.29) is 5.28 Å². The first-order valence-electron chi connectivity index (χ1n) is 7.20. The summed E-state index contributed by atoms with van der Waals surface area (Å²) in [6.45, 7) is 4.16. The van der Waals surface area contributed by atoms with Gasteiger partial charge in [0, 0.05) is 38.1 Å². The van der Waals surface area contributed by atoms with Crippen LogP contribution in [0.5, 0.6) is 0 Å². The van der Waals surface area contributed by atoms with Crippen LogP contribution in [0, 0.1) is 0 Å². The SMILES string of the molecule is Clc1nc(N2CCN3CCCC3C2)nc(-n2cccn2)n1. The minimum atomic E-state index is 0.208. The Morgan fingerprint density at radius 3 is 2.86 bits per heavy atom. The zero-order valence-corrected chi connectivity index (χ0v) is 12.3. The van der Waals surface area contributed by atoms with E-state index in [2.05, 4.69) is 29.9 Å². The molecule has 4 rings (SSSR count). The van der Waals surface area contributed by atoms with Gasteiger partial charge in [0.05, 0.1) is 0 Å². The normalized spacial score (nSPS) is 22.5. The Balaban J connectivity index is 1.63. The molecule has 0 amide bonds. The lowest BCUT2D eigenvalue weighted by Gasteiger charge is -2.37. The van der Waals surface area contributed by atoms with Gasteiger partial charge in [-0.15, -0.1) is 0 Å². The van der Waals surface area contributed by atoms with Gasteiger partial charge in [-0.05, 0) is 37.1 Å². The highest BCUT2D eigenvalue weighted by atomic mass is 35.5. The average molecular weight is 306 g/mol. The van der Waals surface area contributed by atoms with Crippen LogP contribution in [0.2, 0.25) is 5.28 Å². The predicted molar refractivity (Wildman–Crippen MR) is 78.8 cm³/mol. The largest absolute Gasteiger partial charge is 0.338 e. The van der Waals surface area contributed by atoms with Crippen LogP contribution in [0.25, 0.3) is 5.95 Å². The summed E-state index contributed by atoms with van der Waals surface area (Å²) < 4.78 is 1.60. The summed E-state index contributed by atoms with van der Waals surface area (Å²) in [7, 11) is 0. The molecule has 0 saturated carbocycles. The first-order valence-corrected chi connectivity index (χ1v) is 7.58. The Bertz CT molecular complexity index is 629. The summed E-state index contributed by atoms with van der Waals surface area (Å²) >= 11 is 6.06. The summed E-state index contributed by atoms with van der Waals surface area (Å²) in [6.07, 6.45) is 6.02. The molecule has 0 radical (unpaired) electrons. The lowest BCUT2D eigenvalue weighted by Crippen LogP contribution is -2.50. The van der Waals surface area contributed by atoms with Crippen molar-refractivity contribution < 1.29 is 0 Å². The molecule has 8 heteroatoms. The molecule has 1 atom stereocenters. The summed E-state index contributed by atoms with van der Waals surface area (Å²) in [5.74, 6) is 1.11. The molecule has 7 nitrogen and oxygen atoms in total. The second-order valence-electron chi connectivity index (χ2n) is 5.43. The lowest BCUT2D eigenvalue weighted by atomic mass is 10.2. The maximum Gasteiger partial charge on any atom is 0.256 e. The molecule has 0 aliphatic carbocycles. The predicted octanol–water partition coefficient (Wildman–Crippen LogP) is 0.995. The number of rotatable bonds is 2. The van der Waals surface area contributed by atoms with Gasteiger partial charge in [0.1, 0.15) is 0 Å². The van der Waals surface area contributed by atoms with E-state index in [4.69, 9.17) is 11.6 Å². The fourth-order valence-electron chi connectivity index (χ4n) is 3.13. The standard InChI is InChI=1S/C13H16ClN7/c14-11-16-12(18-13(17-11)21-6-2-4-15-21)20-8-7-19-5-1-3-10(19)9-20/h2,4,6,10H,1,3,5,7-9H2. The van der Waals surface area contributed by atoms with Crippen LogP contribution in [0.1, 0.15) is 12.8 Å². The Labute approximate surface area is 127 Å². The Hall–Kier alpha value is -1.73. The highest BCUT2D eigenvalue weighted by Crippen LogP contribution is 2.24. The van der Waals surface area contributed by atoms with E-state index < -0.39 is 0 Å². The van der Waals surface area contributed by atoms with Crippen molar-refractivity contribution in [1.29, 1.82) is 0 Å². The maximum atomic E-state index is 6.06. The lowest BCUT2D eigenvalue weighted by molar-refractivity contribution is 0.229. The monoisotopic (exact) mass is 305 g/mol. The smallest absolute Gasteiger partial charge is 0.256 e. The van der Waals surface area contributed by atoms with Crippen LogP contribution < -0.4 is 4.90 Å². The van der Waals surface area contributed by atoms with Crippen molar-refractivity contribution >= 4 is 17.5 Å². The van der Waals surface area contributed by atoms with Gasteiger partial charge < -0.3 is 4.90 Å². The van der Waals surface area contributed by atoms with Gasteiger partial charge in [-0.3, -0.25) is 4.90 Å². The summed E-state index contributed by atoms with van der Waals surface area (Å²) in [5.41, 5.74) is 0. The second kappa shape index (κ2) is 5.23. The molecule has 110 valence electrons. The summed E-state index contributed by atoms with van der Waals surface area (Å²) in [6, 6.07) is 2.44. The van der Waals surface area contributed by atoms with Crippen molar-refractivity contribution in [2.75, 3.05) is 31.1 Å². The molecule has 0 spiro atoms. The number of aromatic nitrogens is 5. The molecule has 21 heavy (non-hydrogen) atoms. The molecule has 0 bridgehead atoms. The second-order valence-corrected chi connectivity index (χ2v) is 5.77. The van der Waals surface area contributed by atoms with E-state index in [9.17, 15) is 0 Å². The van der Waals surface area contributed by atoms with E-state index in [1.165, 1.54) is 19.4 Å². The molecule has 2 aromatic heterocycles. The number of hydrogen-bond acceptors (Lipinski definition) is 6. The van der Waals surface area contributed by atoms with Crippen LogP contribution in [-0.2, 0) is 0 Å². The van der Waals surface area contributed by atoms with Crippen molar-refractivity contribution in [2.24, 2.45) is 0 Å². The van der Waals surface area contributed by atoms with Crippen LogP contribution in [0.3, 0.4) is 0 Å². The molecular weight excluding hydrogens is 290 g/mol. The minimum Gasteiger partial charge on any atom is -0.338 e. The van der Waals surface area contributed by atoms with Gasteiger partial charge in [0.15, 0.2) is 0 Å². The summed E-state index contributed by atoms with van der Waals surface area (Å²) in [4.78, 5) is 17.7. The van der Waals surface area contributed by atoms with Gasteiger partial charge in [-0.1, -0.05) is 0 Å². The molecule has 2 fully saturated rings. The summed E-state index contributed by atoms with van der Waals surface area (Å²) in [5, 5.41) is 4.35. The van der Waals surface area contributed by atoms with E-state index in [0.29, 0.717) is 17.9 Å². The molecule has 4 heterocycles. The zero-order valence-electron chi connectivity index (χ0n) is 11.6. The quantitative estimate of drug-likeness (QED) is 0.825. The minimum absolute atomic E-state index is 0.208. The number of halogens is 1. The van der Waals surface area contributed by atoms with E-state index in [1.54, 1.807) is 17.1 Å². The number of fused-ring (bicyclic) bond motifs is 1. The third-order valence-electron chi connectivity index (χ3n) is 4.16. The van der Waals surface area contributed by atoms with E-state index in [1.807, 2.05) is 6.07 Å². The first kappa shape index (κ1) is 13.0. The fraction of sp³-hybridized carbons (Fsp3) is 0.538. The van der Waals surface area contributed by atoms with Crippen LogP contribution in [0.15, 0.2) is 18.5 Å². The van der Waals surface area contributed by atoms with Crippen LogP contribution in [-0.4, -0.2) is 61.9 Å². The van der Waals surface area contributed by atoms with Crippen molar-refractivity contribution in [3.05, 3.63) is 23.7 Å². The Morgan fingerprint density at radius 2 is 2.00 bits per heavy atom. The number of piperazine rings is 1. The topological polar surface area (TPSA) is 63.0 Å². The number of anilines is 1. The molecule has 2 aliphatic heterocycles. The molecule has 2 aliphatic rings. The van der Waals surface area contributed by atoms with Gasteiger partial charge in [-0.25, -0.2) is 4.68 Å². The Morgan fingerprint density at radius 1 is 1.10 bits per heavy atom. The van der Waals surface area contributed by atoms with E-state index >= 15 is 0 Å². The number of nitrogens with zero attached hydrogens (tertiary/aromatic N) is 7. The molecule has 2 saturated heterocycles. The highest BCUT2D eigenvalue weighted by Gasteiger charge is 2.31. The van der Waals surface area contributed by atoms with Crippen molar-refractivity contribution in [3.63, 3.8) is 0 Å². The van der Waals surface area contributed by atoms with Gasteiger partial charge in [-0.2, -0.15) is 20.1 Å². The highest BCUT2D eigenvalue weighted by molar-refractivity contribution is 6.28. The van der Waals surface area contributed by atoms with Crippen LogP contribution >= 0.6 is 11.6 Å². The van der Waals surface area contributed by atoms with Crippen molar-refractivity contribution in [1.82, 2.24) is 29.6 Å². The third kappa shape index (κ3) is 2.47. The average Bonchev–Trinajstić information content (AvgIpc) is 3.17. The molecule has 0 aromatic carbocycles. The molecule has 1 unspecified atom stereocenters. The van der Waals surface area contributed by atoms with Crippen molar-refractivity contribution in [3.8, 4) is 5.95 Å². The third-order valence-corrected chi connectivity index (χ3v) is 4.33. The Kier molecular flexibility index (Phi) is 3.23. The molecule has 0 N–H and O–H groups in total. The zero-order chi connectivity index (χ0) is 14.2. The van der Waals surface area contributed by atoms with Gasteiger partial charge in [0.2, 0.25) is 11.2 Å². The fourth-order valence-corrected chi connectivity index (χ4v) is 3.28. The van der Waals surface area contributed by atoms with Crippen LogP contribution in [0.4, 0.5) is 5.95 Å². The first-order chi connectivity index (χ1) is 10.3. The van der Waals surface area contributed by atoms with Gasteiger partial charge in [0.25, 0.3) is 5.95 Å². The number of hydrogen-bond donors (Lipinski definition) is 0. The molecule has 2 aromatic rings.